The van der Waals surface area contributed by atoms with Gasteiger partial charge in [-0.1, -0.05) is 23.2 Å². The molecule has 0 aromatic heterocycles. The Labute approximate surface area is 137 Å². The zero-order chi connectivity index (χ0) is 16.1. The van der Waals surface area contributed by atoms with E-state index >= 15 is 0 Å². The predicted octanol–water partition coefficient (Wildman–Crippen LogP) is 3.50. The van der Waals surface area contributed by atoms with Crippen molar-refractivity contribution in [2.75, 3.05) is 12.4 Å². The Morgan fingerprint density at radius 2 is 1.95 bits per heavy atom. The van der Waals surface area contributed by atoms with Gasteiger partial charge in [-0.15, -0.1) is 0 Å². The highest BCUT2D eigenvalue weighted by Gasteiger charge is 2.50. The van der Waals surface area contributed by atoms with Crippen molar-refractivity contribution in [3.05, 3.63) is 57.1 Å². The van der Waals surface area contributed by atoms with Gasteiger partial charge in [-0.05, 0) is 42.8 Å². The summed E-state index contributed by atoms with van der Waals surface area (Å²) < 4.78 is 5.28. The third-order valence-corrected chi connectivity index (χ3v) is 4.53. The Balaban J connectivity index is 2.35. The second kappa shape index (κ2) is 5.16. The highest BCUT2D eigenvalue weighted by molar-refractivity contribution is 6.32. The van der Waals surface area contributed by atoms with Crippen LogP contribution < -0.4 is 10.1 Å². The van der Waals surface area contributed by atoms with E-state index in [1.54, 1.807) is 31.2 Å². The van der Waals surface area contributed by atoms with E-state index in [2.05, 4.69) is 5.32 Å². The summed E-state index contributed by atoms with van der Waals surface area (Å²) in [4.78, 5) is 12.5. The number of nitrogens with one attached hydrogen (secondary N) is 1. The van der Waals surface area contributed by atoms with Gasteiger partial charge in [0.2, 0.25) is 5.60 Å². The lowest BCUT2D eigenvalue weighted by Gasteiger charge is -2.25. The standard InChI is InChI=1S/C16H13Cl2NO3/c1-8-11(18)4-5-12-14(8)16(21,15(20)19-12)10-7-9(17)3-6-13(10)22-2/h3-7,21H,1-2H3,(H,19,20). The van der Waals surface area contributed by atoms with Crippen molar-refractivity contribution in [3.8, 4) is 5.75 Å². The van der Waals surface area contributed by atoms with Crippen molar-refractivity contribution < 1.29 is 14.6 Å². The molecule has 2 aromatic rings. The van der Waals surface area contributed by atoms with E-state index in [1.807, 2.05) is 0 Å². The molecule has 0 bridgehead atoms. The van der Waals surface area contributed by atoms with Crippen LogP contribution in [-0.4, -0.2) is 18.1 Å². The first-order valence-corrected chi connectivity index (χ1v) is 7.32. The fourth-order valence-electron chi connectivity index (χ4n) is 2.80. The van der Waals surface area contributed by atoms with E-state index in [0.29, 0.717) is 32.6 Å². The van der Waals surface area contributed by atoms with Crippen LogP contribution in [0.3, 0.4) is 0 Å². The van der Waals surface area contributed by atoms with Gasteiger partial charge in [-0.3, -0.25) is 4.79 Å². The zero-order valence-electron chi connectivity index (χ0n) is 11.9. The highest BCUT2D eigenvalue weighted by Crippen LogP contribution is 2.47. The predicted molar refractivity (Wildman–Crippen MR) is 85.8 cm³/mol. The zero-order valence-corrected chi connectivity index (χ0v) is 13.4. The number of carbonyl (C=O) groups is 1. The van der Waals surface area contributed by atoms with Crippen LogP contribution in [0.15, 0.2) is 30.3 Å². The first kappa shape index (κ1) is 15.2. The van der Waals surface area contributed by atoms with Crippen LogP contribution >= 0.6 is 23.2 Å². The van der Waals surface area contributed by atoms with Crippen LogP contribution in [0.5, 0.6) is 5.75 Å². The number of amides is 1. The summed E-state index contributed by atoms with van der Waals surface area (Å²) >= 11 is 12.2. The van der Waals surface area contributed by atoms with E-state index in [-0.39, 0.29) is 5.56 Å². The first-order valence-electron chi connectivity index (χ1n) is 6.57. The smallest absolute Gasteiger partial charge is 0.266 e. The summed E-state index contributed by atoms with van der Waals surface area (Å²) in [6, 6.07) is 8.11. The molecule has 1 unspecified atom stereocenters. The summed E-state index contributed by atoms with van der Waals surface area (Å²) in [5.74, 6) is -0.192. The molecule has 4 nitrogen and oxygen atoms in total. The maximum Gasteiger partial charge on any atom is 0.266 e. The van der Waals surface area contributed by atoms with Gasteiger partial charge in [0.05, 0.1) is 7.11 Å². The molecule has 0 spiro atoms. The molecule has 1 atom stereocenters. The molecule has 1 aliphatic heterocycles. The van der Waals surface area contributed by atoms with Gasteiger partial charge in [0, 0.05) is 26.9 Å². The third kappa shape index (κ3) is 1.99. The van der Waals surface area contributed by atoms with Crippen molar-refractivity contribution in [2.45, 2.75) is 12.5 Å². The molecule has 1 amide bonds. The summed E-state index contributed by atoms with van der Waals surface area (Å²) in [6.45, 7) is 1.75. The number of halogens is 2. The molecule has 0 radical (unpaired) electrons. The lowest BCUT2D eigenvalue weighted by atomic mass is 9.84. The van der Waals surface area contributed by atoms with Crippen LogP contribution in [0.4, 0.5) is 5.69 Å². The summed E-state index contributed by atoms with van der Waals surface area (Å²) in [5, 5.41) is 14.8. The maximum absolute atomic E-state index is 12.5. The average molecular weight is 338 g/mol. The number of hydrogen-bond acceptors (Lipinski definition) is 3. The molecule has 3 rings (SSSR count). The monoisotopic (exact) mass is 337 g/mol. The van der Waals surface area contributed by atoms with Crippen molar-refractivity contribution in [1.29, 1.82) is 0 Å². The normalized spacial score (nSPS) is 19.8. The van der Waals surface area contributed by atoms with Gasteiger partial charge in [0.25, 0.3) is 5.91 Å². The van der Waals surface area contributed by atoms with Crippen LogP contribution in [0.25, 0.3) is 0 Å². The van der Waals surface area contributed by atoms with Gasteiger partial charge in [0.1, 0.15) is 5.75 Å². The molecule has 0 saturated carbocycles. The van der Waals surface area contributed by atoms with Gasteiger partial charge < -0.3 is 15.2 Å². The number of methoxy groups -OCH3 is 1. The Hall–Kier alpha value is -1.75. The average Bonchev–Trinajstić information content (AvgIpc) is 2.76. The second-order valence-corrected chi connectivity index (χ2v) is 5.95. The summed E-state index contributed by atoms with van der Waals surface area (Å²) in [6.07, 6.45) is 0. The minimum atomic E-state index is -1.90. The fourth-order valence-corrected chi connectivity index (χ4v) is 3.13. The molecule has 0 fully saturated rings. The number of fused-ring (bicyclic) bond motifs is 1. The number of rotatable bonds is 2. The molecule has 1 heterocycles. The van der Waals surface area contributed by atoms with Crippen LogP contribution in [0.2, 0.25) is 10.0 Å². The van der Waals surface area contributed by atoms with Gasteiger partial charge in [0.15, 0.2) is 0 Å². The molecule has 22 heavy (non-hydrogen) atoms. The number of anilines is 1. The summed E-state index contributed by atoms with van der Waals surface area (Å²) in [5.41, 5.74) is -0.0474. The molecule has 2 N–H and O–H groups in total. The minimum absolute atomic E-state index is 0.282. The van der Waals surface area contributed by atoms with Crippen molar-refractivity contribution in [2.24, 2.45) is 0 Å². The Morgan fingerprint density at radius 1 is 1.23 bits per heavy atom. The number of ether oxygens (including phenoxy) is 1. The third-order valence-electron chi connectivity index (χ3n) is 3.89. The van der Waals surface area contributed by atoms with E-state index in [1.165, 1.54) is 13.2 Å². The van der Waals surface area contributed by atoms with Gasteiger partial charge in [-0.25, -0.2) is 0 Å². The Morgan fingerprint density at radius 3 is 2.64 bits per heavy atom. The van der Waals surface area contributed by atoms with E-state index in [4.69, 9.17) is 27.9 Å². The second-order valence-electron chi connectivity index (χ2n) is 5.10. The largest absolute Gasteiger partial charge is 0.496 e. The quantitative estimate of drug-likeness (QED) is 0.881. The molecule has 0 saturated heterocycles. The topological polar surface area (TPSA) is 58.6 Å². The van der Waals surface area contributed by atoms with Crippen LogP contribution in [-0.2, 0) is 10.4 Å². The summed E-state index contributed by atoms with van der Waals surface area (Å²) in [7, 11) is 1.47. The van der Waals surface area contributed by atoms with E-state index in [9.17, 15) is 9.90 Å². The van der Waals surface area contributed by atoms with Gasteiger partial charge >= 0.3 is 0 Å². The Bertz CT molecular complexity index is 791. The molecular weight excluding hydrogens is 325 g/mol. The van der Waals surface area contributed by atoms with Crippen molar-refractivity contribution >= 4 is 34.8 Å². The number of benzene rings is 2. The number of aliphatic hydroxyl groups is 1. The maximum atomic E-state index is 12.5. The van der Waals surface area contributed by atoms with Crippen molar-refractivity contribution in [1.82, 2.24) is 0 Å². The van der Waals surface area contributed by atoms with Crippen molar-refractivity contribution in [3.63, 3.8) is 0 Å². The number of carbonyl (C=O) groups excluding carboxylic acids is 1. The van der Waals surface area contributed by atoms with E-state index < -0.39 is 11.5 Å². The van der Waals surface area contributed by atoms with E-state index in [0.717, 1.165) is 0 Å². The molecular formula is C16H13Cl2NO3. The van der Waals surface area contributed by atoms with Crippen LogP contribution in [0, 0.1) is 6.92 Å². The first-order chi connectivity index (χ1) is 10.4. The van der Waals surface area contributed by atoms with Gasteiger partial charge in [-0.2, -0.15) is 0 Å². The molecule has 0 aliphatic carbocycles. The molecule has 2 aromatic carbocycles. The lowest BCUT2D eigenvalue weighted by molar-refractivity contribution is -0.129. The van der Waals surface area contributed by atoms with Crippen LogP contribution in [0.1, 0.15) is 16.7 Å². The lowest BCUT2D eigenvalue weighted by Crippen LogP contribution is -2.36. The fraction of sp³-hybridized carbons (Fsp3) is 0.188. The molecule has 6 heteroatoms. The molecule has 1 aliphatic rings. The minimum Gasteiger partial charge on any atom is -0.496 e. The SMILES string of the molecule is COc1ccc(Cl)cc1C1(O)C(=O)Nc2ccc(Cl)c(C)c21. The molecule has 114 valence electrons. The number of hydrogen-bond donors (Lipinski definition) is 2. The Kier molecular flexibility index (Phi) is 3.56. The highest BCUT2D eigenvalue weighted by atomic mass is 35.5.